The van der Waals surface area contributed by atoms with Gasteiger partial charge in [0.25, 0.3) is 0 Å². The van der Waals surface area contributed by atoms with Crippen LogP contribution in [-0.2, 0) is 15.8 Å². The zero-order valence-electron chi connectivity index (χ0n) is 15.8. The Morgan fingerprint density at radius 3 is 2.32 bits per heavy atom. The minimum absolute atomic E-state index is 0.0419. The van der Waals surface area contributed by atoms with Gasteiger partial charge in [0.15, 0.2) is 5.82 Å². The van der Waals surface area contributed by atoms with Crippen LogP contribution < -0.4 is 4.90 Å². The highest BCUT2D eigenvalue weighted by Crippen LogP contribution is 2.19. The fourth-order valence-corrected chi connectivity index (χ4v) is 4.84. The Morgan fingerprint density at radius 1 is 0.929 bits per heavy atom. The first-order valence-corrected chi connectivity index (χ1v) is 10.9. The molecular weight excluding hydrogens is 374 g/mol. The van der Waals surface area contributed by atoms with Crippen molar-refractivity contribution in [3.8, 4) is 5.82 Å². The Hall–Kier alpha value is -2.71. The molecule has 3 aromatic rings. The average molecular weight is 398 g/mol. The largest absolute Gasteiger partial charge is 0.354 e. The molecule has 0 N–H and O–H groups in total. The Bertz CT molecular complexity index is 1040. The summed E-state index contributed by atoms with van der Waals surface area (Å²) in [6.07, 6.45) is 3.73. The van der Waals surface area contributed by atoms with Crippen LogP contribution in [0.3, 0.4) is 0 Å². The van der Waals surface area contributed by atoms with E-state index in [0.717, 1.165) is 22.8 Å². The van der Waals surface area contributed by atoms with E-state index in [1.165, 1.54) is 0 Å². The van der Waals surface area contributed by atoms with Gasteiger partial charge in [0.1, 0.15) is 5.82 Å². The number of anilines is 1. The second kappa shape index (κ2) is 7.73. The van der Waals surface area contributed by atoms with Gasteiger partial charge in [-0.3, -0.25) is 0 Å². The maximum atomic E-state index is 12.7. The topological polar surface area (TPSA) is 71.3 Å². The van der Waals surface area contributed by atoms with E-state index in [0.29, 0.717) is 26.2 Å². The molecule has 0 saturated carbocycles. The standard InChI is InChI=1S/C20H23N5O2S/c1-17-14-21-25(15-17)20-9-5-8-19(22-20)23-10-12-24(13-11-23)28(26,27)16-18-6-3-2-4-7-18/h2-9,14-15H,10-13,16H2,1H3. The Balaban J connectivity index is 1.43. The summed E-state index contributed by atoms with van der Waals surface area (Å²) < 4.78 is 28.8. The summed E-state index contributed by atoms with van der Waals surface area (Å²) in [5.74, 6) is 1.63. The number of aryl methyl sites for hydroxylation is 1. The lowest BCUT2D eigenvalue weighted by Crippen LogP contribution is -2.49. The van der Waals surface area contributed by atoms with Crippen LogP contribution >= 0.6 is 0 Å². The number of hydrogen-bond acceptors (Lipinski definition) is 5. The normalized spacial score (nSPS) is 15.7. The molecule has 8 heteroatoms. The van der Waals surface area contributed by atoms with E-state index < -0.39 is 10.0 Å². The smallest absolute Gasteiger partial charge is 0.218 e. The van der Waals surface area contributed by atoms with Crippen molar-refractivity contribution in [2.45, 2.75) is 12.7 Å². The Morgan fingerprint density at radius 2 is 1.64 bits per heavy atom. The van der Waals surface area contributed by atoms with Gasteiger partial charge in [-0.05, 0) is 30.2 Å². The third-order valence-corrected chi connectivity index (χ3v) is 6.66. The van der Waals surface area contributed by atoms with Crippen molar-refractivity contribution in [2.75, 3.05) is 31.1 Å². The summed E-state index contributed by atoms with van der Waals surface area (Å²) in [7, 11) is -3.32. The fourth-order valence-electron chi connectivity index (χ4n) is 3.33. The molecule has 4 rings (SSSR count). The maximum absolute atomic E-state index is 12.7. The van der Waals surface area contributed by atoms with Gasteiger partial charge in [-0.1, -0.05) is 36.4 Å². The monoisotopic (exact) mass is 397 g/mol. The molecule has 28 heavy (non-hydrogen) atoms. The summed E-state index contributed by atoms with van der Waals surface area (Å²) >= 11 is 0. The molecule has 0 unspecified atom stereocenters. The average Bonchev–Trinajstić information content (AvgIpc) is 3.15. The minimum Gasteiger partial charge on any atom is -0.354 e. The SMILES string of the molecule is Cc1cnn(-c2cccc(N3CCN(S(=O)(=O)Cc4ccccc4)CC3)n2)c1. The van der Waals surface area contributed by atoms with E-state index in [1.807, 2.05) is 61.7 Å². The van der Waals surface area contributed by atoms with Crippen LogP contribution in [0.4, 0.5) is 5.82 Å². The van der Waals surface area contributed by atoms with Crippen LogP contribution in [0, 0.1) is 6.92 Å². The fraction of sp³-hybridized carbons (Fsp3) is 0.300. The van der Waals surface area contributed by atoms with Crippen molar-refractivity contribution >= 4 is 15.8 Å². The molecule has 3 heterocycles. The quantitative estimate of drug-likeness (QED) is 0.660. The summed E-state index contributed by atoms with van der Waals surface area (Å²) in [6, 6.07) is 15.1. The second-order valence-electron chi connectivity index (χ2n) is 6.94. The molecule has 0 bridgehead atoms. The van der Waals surface area contributed by atoms with Gasteiger partial charge in [-0.25, -0.2) is 18.1 Å². The first-order chi connectivity index (χ1) is 13.5. The lowest BCUT2D eigenvalue weighted by atomic mass is 10.2. The van der Waals surface area contributed by atoms with Crippen LogP contribution in [-0.4, -0.2) is 53.7 Å². The first-order valence-electron chi connectivity index (χ1n) is 9.27. The number of pyridine rings is 1. The predicted molar refractivity (Wildman–Crippen MR) is 109 cm³/mol. The molecule has 0 spiro atoms. The minimum atomic E-state index is -3.32. The first kappa shape index (κ1) is 18.6. The summed E-state index contributed by atoms with van der Waals surface area (Å²) in [5.41, 5.74) is 1.89. The van der Waals surface area contributed by atoms with Crippen molar-refractivity contribution in [2.24, 2.45) is 0 Å². The van der Waals surface area contributed by atoms with Crippen LogP contribution in [0.5, 0.6) is 0 Å². The highest BCUT2D eigenvalue weighted by molar-refractivity contribution is 7.88. The van der Waals surface area contributed by atoms with Gasteiger partial charge in [-0.15, -0.1) is 0 Å². The molecule has 0 atom stereocenters. The molecule has 1 aromatic carbocycles. The van der Waals surface area contributed by atoms with Crippen molar-refractivity contribution in [3.63, 3.8) is 0 Å². The van der Waals surface area contributed by atoms with Gasteiger partial charge in [0, 0.05) is 32.4 Å². The lowest BCUT2D eigenvalue weighted by Gasteiger charge is -2.34. The second-order valence-corrected chi connectivity index (χ2v) is 8.91. The van der Waals surface area contributed by atoms with Crippen LogP contribution in [0.2, 0.25) is 0 Å². The van der Waals surface area contributed by atoms with E-state index in [1.54, 1.807) is 15.2 Å². The van der Waals surface area contributed by atoms with Gasteiger partial charge in [0.2, 0.25) is 10.0 Å². The number of nitrogens with zero attached hydrogens (tertiary/aromatic N) is 5. The highest BCUT2D eigenvalue weighted by Gasteiger charge is 2.27. The molecule has 1 aliphatic rings. The molecule has 1 fully saturated rings. The molecule has 1 aliphatic heterocycles. The summed E-state index contributed by atoms with van der Waals surface area (Å²) in [4.78, 5) is 6.81. The van der Waals surface area contributed by atoms with Gasteiger partial charge in [-0.2, -0.15) is 9.40 Å². The molecule has 2 aromatic heterocycles. The number of sulfonamides is 1. The van der Waals surface area contributed by atoms with Gasteiger partial charge < -0.3 is 4.90 Å². The molecule has 0 amide bonds. The van der Waals surface area contributed by atoms with E-state index >= 15 is 0 Å². The third kappa shape index (κ3) is 4.07. The molecule has 1 saturated heterocycles. The van der Waals surface area contributed by atoms with E-state index in [4.69, 9.17) is 4.98 Å². The molecule has 0 radical (unpaired) electrons. The summed E-state index contributed by atoms with van der Waals surface area (Å²) in [5, 5.41) is 4.30. The number of aromatic nitrogens is 3. The Labute approximate surface area is 165 Å². The van der Waals surface area contributed by atoms with Crippen LogP contribution in [0.1, 0.15) is 11.1 Å². The molecule has 0 aliphatic carbocycles. The zero-order chi connectivity index (χ0) is 19.6. The van der Waals surface area contributed by atoms with Crippen LogP contribution in [0.15, 0.2) is 60.9 Å². The summed E-state index contributed by atoms with van der Waals surface area (Å²) in [6.45, 7) is 4.14. The predicted octanol–water partition coefficient (Wildman–Crippen LogP) is 2.23. The van der Waals surface area contributed by atoms with Crippen molar-refractivity contribution in [1.29, 1.82) is 0 Å². The van der Waals surface area contributed by atoms with Gasteiger partial charge in [0.05, 0.1) is 11.9 Å². The van der Waals surface area contributed by atoms with E-state index in [9.17, 15) is 8.42 Å². The zero-order valence-corrected chi connectivity index (χ0v) is 16.6. The van der Waals surface area contributed by atoms with Crippen molar-refractivity contribution in [3.05, 3.63) is 72.1 Å². The van der Waals surface area contributed by atoms with Gasteiger partial charge >= 0.3 is 0 Å². The van der Waals surface area contributed by atoms with Crippen molar-refractivity contribution < 1.29 is 8.42 Å². The molecular formula is C20H23N5O2S. The Kier molecular flexibility index (Phi) is 5.15. The maximum Gasteiger partial charge on any atom is 0.218 e. The number of benzene rings is 1. The van der Waals surface area contributed by atoms with E-state index in [2.05, 4.69) is 10.00 Å². The van der Waals surface area contributed by atoms with Crippen molar-refractivity contribution in [1.82, 2.24) is 19.1 Å². The number of hydrogen-bond donors (Lipinski definition) is 0. The molecule has 146 valence electrons. The number of piperazine rings is 1. The van der Waals surface area contributed by atoms with E-state index in [-0.39, 0.29) is 5.75 Å². The third-order valence-electron chi connectivity index (χ3n) is 4.81. The highest BCUT2D eigenvalue weighted by atomic mass is 32.2. The molecule has 7 nitrogen and oxygen atoms in total. The number of rotatable bonds is 5. The lowest BCUT2D eigenvalue weighted by molar-refractivity contribution is 0.383. The van der Waals surface area contributed by atoms with Crippen LogP contribution in [0.25, 0.3) is 5.82 Å².